The maximum absolute atomic E-state index is 11.9. The summed E-state index contributed by atoms with van der Waals surface area (Å²) in [5.41, 5.74) is 0.989. The Balaban J connectivity index is 0.00000200. The van der Waals surface area contributed by atoms with Gasteiger partial charge in [-0.05, 0) is 37.8 Å². The van der Waals surface area contributed by atoms with Crippen LogP contribution in [0.5, 0.6) is 0 Å². The van der Waals surface area contributed by atoms with Crippen LogP contribution in [0.25, 0.3) is 0 Å². The molecule has 2 N–H and O–H groups in total. The largest absolute Gasteiger partial charge is 0.376 e. The third-order valence-corrected chi connectivity index (χ3v) is 3.97. The highest BCUT2D eigenvalue weighted by Crippen LogP contribution is 2.26. The molecular formula is C16H25ClN2O. The van der Waals surface area contributed by atoms with Crippen molar-refractivity contribution in [3.63, 3.8) is 0 Å². The van der Waals surface area contributed by atoms with Crippen molar-refractivity contribution in [3.05, 3.63) is 30.3 Å². The number of benzene rings is 1. The van der Waals surface area contributed by atoms with Gasteiger partial charge in [0.1, 0.15) is 0 Å². The number of rotatable bonds is 5. The normalized spacial score (nSPS) is 16.9. The zero-order valence-corrected chi connectivity index (χ0v) is 12.9. The van der Waals surface area contributed by atoms with Gasteiger partial charge in [0.05, 0.1) is 6.54 Å². The molecule has 0 bridgehead atoms. The number of carbonyl (C=O) groups excluding carboxylic acids is 1. The second-order valence-corrected chi connectivity index (χ2v) is 5.47. The van der Waals surface area contributed by atoms with Crippen LogP contribution in [0.1, 0.15) is 39.0 Å². The van der Waals surface area contributed by atoms with Crippen LogP contribution in [0.4, 0.5) is 5.69 Å². The van der Waals surface area contributed by atoms with Crippen LogP contribution >= 0.6 is 12.4 Å². The Hall–Kier alpha value is -1.22. The van der Waals surface area contributed by atoms with Crippen molar-refractivity contribution in [1.82, 2.24) is 5.32 Å². The van der Waals surface area contributed by atoms with E-state index in [4.69, 9.17) is 0 Å². The Morgan fingerprint density at radius 2 is 1.85 bits per heavy atom. The van der Waals surface area contributed by atoms with Gasteiger partial charge in [-0.2, -0.15) is 0 Å². The van der Waals surface area contributed by atoms with Crippen molar-refractivity contribution in [2.45, 2.75) is 45.1 Å². The molecule has 0 heterocycles. The SMILES string of the molecule is CC(NC(=O)CNc1ccccc1)C1CCCCC1.Cl. The third-order valence-electron chi connectivity index (χ3n) is 3.97. The highest BCUT2D eigenvalue weighted by molar-refractivity contribution is 5.85. The molecular weight excluding hydrogens is 272 g/mol. The topological polar surface area (TPSA) is 41.1 Å². The molecule has 1 amide bonds. The first-order valence-corrected chi connectivity index (χ1v) is 7.34. The molecule has 2 rings (SSSR count). The highest BCUT2D eigenvalue weighted by atomic mass is 35.5. The summed E-state index contributed by atoms with van der Waals surface area (Å²) < 4.78 is 0. The van der Waals surface area contributed by atoms with Crippen molar-refractivity contribution in [2.24, 2.45) is 5.92 Å². The number of hydrogen-bond acceptors (Lipinski definition) is 2. The van der Waals surface area contributed by atoms with Gasteiger partial charge in [0, 0.05) is 11.7 Å². The average molecular weight is 297 g/mol. The summed E-state index contributed by atoms with van der Waals surface area (Å²) in [6.07, 6.45) is 6.49. The van der Waals surface area contributed by atoms with Gasteiger partial charge in [-0.1, -0.05) is 37.5 Å². The van der Waals surface area contributed by atoms with Gasteiger partial charge in [-0.15, -0.1) is 12.4 Å². The maximum atomic E-state index is 11.9. The number of carbonyl (C=O) groups is 1. The number of hydrogen-bond donors (Lipinski definition) is 2. The van der Waals surface area contributed by atoms with Gasteiger partial charge in [0.25, 0.3) is 0 Å². The van der Waals surface area contributed by atoms with Crippen LogP contribution in [0.2, 0.25) is 0 Å². The Kier molecular flexibility index (Phi) is 7.45. The molecule has 0 spiro atoms. The monoisotopic (exact) mass is 296 g/mol. The Morgan fingerprint density at radius 3 is 2.50 bits per heavy atom. The molecule has 1 fully saturated rings. The molecule has 1 aliphatic rings. The van der Waals surface area contributed by atoms with E-state index in [0.717, 1.165) is 5.69 Å². The van der Waals surface area contributed by atoms with E-state index in [9.17, 15) is 4.79 Å². The van der Waals surface area contributed by atoms with Gasteiger partial charge in [-0.3, -0.25) is 4.79 Å². The number of nitrogens with one attached hydrogen (secondary N) is 2. The maximum Gasteiger partial charge on any atom is 0.239 e. The van der Waals surface area contributed by atoms with Crippen LogP contribution in [0, 0.1) is 5.92 Å². The Morgan fingerprint density at radius 1 is 1.20 bits per heavy atom. The summed E-state index contributed by atoms with van der Waals surface area (Å²) in [6, 6.07) is 10.1. The predicted octanol–water partition coefficient (Wildman–Crippen LogP) is 3.61. The Bertz CT molecular complexity index is 391. The molecule has 0 radical (unpaired) electrons. The van der Waals surface area contributed by atoms with E-state index in [2.05, 4.69) is 17.6 Å². The lowest BCUT2D eigenvalue weighted by Crippen LogP contribution is -2.41. The van der Waals surface area contributed by atoms with Crippen LogP contribution in [-0.2, 0) is 4.79 Å². The van der Waals surface area contributed by atoms with E-state index in [1.54, 1.807) is 0 Å². The van der Waals surface area contributed by atoms with E-state index in [1.165, 1.54) is 32.1 Å². The van der Waals surface area contributed by atoms with E-state index < -0.39 is 0 Å². The molecule has 1 aromatic rings. The molecule has 0 saturated heterocycles. The number of halogens is 1. The first kappa shape index (κ1) is 16.8. The summed E-state index contributed by atoms with van der Waals surface area (Å²) in [7, 11) is 0. The minimum Gasteiger partial charge on any atom is -0.376 e. The predicted molar refractivity (Wildman–Crippen MR) is 86.4 cm³/mol. The van der Waals surface area contributed by atoms with Crippen molar-refractivity contribution in [1.29, 1.82) is 0 Å². The summed E-state index contributed by atoms with van der Waals surface area (Å²) in [6.45, 7) is 2.48. The number of amides is 1. The van der Waals surface area contributed by atoms with E-state index >= 15 is 0 Å². The summed E-state index contributed by atoms with van der Waals surface area (Å²) in [4.78, 5) is 11.9. The molecule has 1 aromatic carbocycles. The molecule has 0 aromatic heterocycles. The lowest BCUT2D eigenvalue weighted by Gasteiger charge is -2.28. The van der Waals surface area contributed by atoms with Crippen molar-refractivity contribution < 1.29 is 4.79 Å². The molecule has 0 aliphatic heterocycles. The lowest BCUT2D eigenvalue weighted by atomic mass is 9.84. The fraction of sp³-hybridized carbons (Fsp3) is 0.562. The van der Waals surface area contributed by atoms with E-state index in [-0.39, 0.29) is 18.3 Å². The van der Waals surface area contributed by atoms with Gasteiger partial charge in [-0.25, -0.2) is 0 Å². The van der Waals surface area contributed by atoms with E-state index in [1.807, 2.05) is 30.3 Å². The van der Waals surface area contributed by atoms with Gasteiger partial charge in [0.15, 0.2) is 0 Å². The molecule has 1 saturated carbocycles. The van der Waals surface area contributed by atoms with Crippen molar-refractivity contribution >= 4 is 24.0 Å². The van der Waals surface area contributed by atoms with Gasteiger partial charge >= 0.3 is 0 Å². The standard InChI is InChI=1S/C16H24N2O.ClH/c1-13(14-8-4-2-5-9-14)18-16(19)12-17-15-10-6-3-7-11-15;/h3,6-7,10-11,13-14,17H,2,4-5,8-9,12H2,1H3,(H,18,19);1H. The zero-order chi connectivity index (χ0) is 13.5. The minimum absolute atomic E-state index is 0. The molecule has 1 atom stereocenters. The summed E-state index contributed by atoms with van der Waals surface area (Å²) in [5, 5.41) is 6.26. The molecule has 1 aliphatic carbocycles. The molecule has 3 nitrogen and oxygen atoms in total. The second-order valence-electron chi connectivity index (χ2n) is 5.47. The first-order chi connectivity index (χ1) is 9.25. The molecule has 4 heteroatoms. The van der Waals surface area contributed by atoms with Gasteiger partial charge < -0.3 is 10.6 Å². The molecule has 1 unspecified atom stereocenters. The fourth-order valence-electron chi connectivity index (χ4n) is 2.80. The zero-order valence-electron chi connectivity index (χ0n) is 12.1. The summed E-state index contributed by atoms with van der Waals surface area (Å²) >= 11 is 0. The summed E-state index contributed by atoms with van der Waals surface area (Å²) in [5.74, 6) is 0.747. The minimum atomic E-state index is 0. The fourth-order valence-corrected chi connectivity index (χ4v) is 2.80. The number of para-hydroxylation sites is 1. The van der Waals surface area contributed by atoms with Crippen LogP contribution in [0.15, 0.2) is 30.3 Å². The molecule has 112 valence electrons. The second kappa shape index (κ2) is 8.85. The average Bonchev–Trinajstić information content (AvgIpc) is 2.47. The highest BCUT2D eigenvalue weighted by Gasteiger charge is 2.21. The third kappa shape index (κ3) is 5.41. The smallest absolute Gasteiger partial charge is 0.239 e. The van der Waals surface area contributed by atoms with Crippen molar-refractivity contribution in [3.8, 4) is 0 Å². The molecule has 20 heavy (non-hydrogen) atoms. The first-order valence-electron chi connectivity index (χ1n) is 7.34. The van der Waals surface area contributed by atoms with Crippen LogP contribution in [-0.4, -0.2) is 18.5 Å². The quantitative estimate of drug-likeness (QED) is 0.871. The van der Waals surface area contributed by atoms with Crippen molar-refractivity contribution in [2.75, 3.05) is 11.9 Å². The van der Waals surface area contributed by atoms with E-state index in [0.29, 0.717) is 18.5 Å². The van der Waals surface area contributed by atoms with Crippen LogP contribution in [0.3, 0.4) is 0 Å². The Labute approximate surface area is 127 Å². The van der Waals surface area contributed by atoms with Crippen LogP contribution < -0.4 is 10.6 Å². The lowest BCUT2D eigenvalue weighted by molar-refractivity contribution is -0.120. The van der Waals surface area contributed by atoms with Gasteiger partial charge in [0.2, 0.25) is 5.91 Å². The number of anilines is 1.